The number of hydrogen-bond donors (Lipinski definition) is 1. The van der Waals surface area contributed by atoms with Gasteiger partial charge in [0.1, 0.15) is 0 Å². The molecule has 2 aromatic carbocycles. The van der Waals surface area contributed by atoms with Gasteiger partial charge in [-0.15, -0.1) is 0 Å². The predicted octanol–water partition coefficient (Wildman–Crippen LogP) is 4.50. The zero-order chi connectivity index (χ0) is 17.2. The summed E-state index contributed by atoms with van der Waals surface area (Å²) >= 11 is 0. The van der Waals surface area contributed by atoms with Gasteiger partial charge in [0, 0.05) is 12.6 Å². The van der Waals surface area contributed by atoms with Gasteiger partial charge in [-0.25, -0.2) is 0 Å². The van der Waals surface area contributed by atoms with Crippen molar-refractivity contribution in [2.45, 2.75) is 38.8 Å². The van der Waals surface area contributed by atoms with Crippen LogP contribution in [0.3, 0.4) is 0 Å². The lowest BCUT2D eigenvalue weighted by atomic mass is 9.88. The van der Waals surface area contributed by atoms with Gasteiger partial charge in [0.15, 0.2) is 0 Å². The van der Waals surface area contributed by atoms with Crippen molar-refractivity contribution in [3.05, 3.63) is 71.8 Å². The van der Waals surface area contributed by atoms with Gasteiger partial charge in [0.05, 0.1) is 13.0 Å². The van der Waals surface area contributed by atoms with Gasteiger partial charge in [-0.3, -0.25) is 4.79 Å². The third-order valence-electron chi connectivity index (χ3n) is 4.30. The minimum atomic E-state index is -0.180. The Morgan fingerprint density at radius 2 is 1.67 bits per heavy atom. The van der Waals surface area contributed by atoms with Gasteiger partial charge in [0.2, 0.25) is 0 Å². The van der Waals surface area contributed by atoms with E-state index in [1.807, 2.05) is 36.4 Å². The number of rotatable bonds is 9. The fraction of sp³-hybridized carbons (Fsp3) is 0.381. The molecule has 0 aliphatic rings. The molecule has 0 aliphatic carbocycles. The van der Waals surface area contributed by atoms with Gasteiger partial charge >= 0.3 is 5.97 Å². The third-order valence-corrected chi connectivity index (χ3v) is 4.30. The second-order valence-electron chi connectivity index (χ2n) is 6.03. The molecular formula is C21H27NO2. The lowest BCUT2D eigenvalue weighted by Crippen LogP contribution is -2.33. The van der Waals surface area contributed by atoms with Crippen LogP contribution in [0.4, 0.5) is 0 Å². The number of benzene rings is 2. The topological polar surface area (TPSA) is 38.3 Å². The molecule has 0 saturated carbocycles. The molecule has 2 rings (SSSR count). The van der Waals surface area contributed by atoms with Crippen LogP contribution >= 0.6 is 0 Å². The number of carbonyl (C=O) groups is 1. The summed E-state index contributed by atoms with van der Waals surface area (Å²) in [6, 6.07) is 20.4. The first-order chi connectivity index (χ1) is 11.8. The SMILES string of the molecule is CCCCC(C(=O)OC)C(NCc1ccccc1)c1ccccc1. The van der Waals surface area contributed by atoms with Gasteiger partial charge in [-0.05, 0) is 17.5 Å². The first-order valence-corrected chi connectivity index (χ1v) is 8.66. The largest absolute Gasteiger partial charge is 0.469 e. The van der Waals surface area contributed by atoms with Crippen molar-refractivity contribution >= 4 is 5.97 Å². The Kier molecular flexibility index (Phi) is 7.50. The number of hydrogen-bond acceptors (Lipinski definition) is 3. The van der Waals surface area contributed by atoms with Crippen LogP contribution in [0, 0.1) is 5.92 Å². The smallest absolute Gasteiger partial charge is 0.310 e. The molecule has 0 radical (unpaired) electrons. The molecule has 128 valence electrons. The molecule has 0 aliphatic heterocycles. The molecule has 2 aromatic rings. The molecule has 0 spiro atoms. The Morgan fingerprint density at radius 3 is 2.25 bits per heavy atom. The molecule has 0 fully saturated rings. The minimum absolute atomic E-state index is 0.0505. The first kappa shape index (κ1) is 18.2. The Morgan fingerprint density at radius 1 is 1.04 bits per heavy atom. The number of carbonyl (C=O) groups excluding carboxylic acids is 1. The van der Waals surface area contributed by atoms with Gasteiger partial charge < -0.3 is 10.1 Å². The van der Waals surface area contributed by atoms with Gasteiger partial charge in [-0.2, -0.15) is 0 Å². The molecule has 2 atom stereocenters. The van der Waals surface area contributed by atoms with E-state index in [1.165, 1.54) is 12.7 Å². The Labute approximate surface area is 145 Å². The second kappa shape index (κ2) is 9.89. The highest BCUT2D eigenvalue weighted by Crippen LogP contribution is 2.28. The molecule has 0 amide bonds. The standard InChI is InChI=1S/C21H27NO2/c1-3-4-15-19(21(23)24-2)20(18-13-9-6-10-14-18)22-16-17-11-7-5-8-12-17/h5-14,19-20,22H,3-4,15-16H2,1-2H3. The van der Waals surface area contributed by atoms with E-state index < -0.39 is 0 Å². The monoisotopic (exact) mass is 325 g/mol. The summed E-state index contributed by atoms with van der Waals surface area (Å²) in [5.74, 6) is -0.320. The fourth-order valence-electron chi connectivity index (χ4n) is 2.97. The molecule has 0 heterocycles. The minimum Gasteiger partial charge on any atom is -0.469 e. The molecule has 0 bridgehead atoms. The molecule has 0 aromatic heterocycles. The summed E-state index contributed by atoms with van der Waals surface area (Å²) in [7, 11) is 1.47. The Hall–Kier alpha value is -2.13. The summed E-state index contributed by atoms with van der Waals surface area (Å²) in [5.41, 5.74) is 2.33. The number of esters is 1. The second-order valence-corrected chi connectivity index (χ2v) is 6.03. The maximum atomic E-state index is 12.4. The molecule has 1 N–H and O–H groups in total. The summed E-state index contributed by atoms with van der Waals surface area (Å²) in [5, 5.41) is 3.58. The zero-order valence-corrected chi connectivity index (χ0v) is 14.6. The molecule has 3 heteroatoms. The van der Waals surface area contributed by atoms with Crippen molar-refractivity contribution in [3.8, 4) is 0 Å². The van der Waals surface area contributed by atoms with Crippen LogP contribution in [0.1, 0.15) is 43.4 Å². The maximum absolute atomic E-state index is 12.4. The lowest BCUT2D eigenvalue weighted by molar-refractivity contribution is -0.147. The molecule has 0 saturated heterocycles. The fourth-order valence-corrected chi connectivity index (χ4v) is 2.97. The van der Waals surface area contributed by atoms with Gasteiger partial charge in [-0.1, -0.05) is 80.4 Å². The third kappa shape index (κ3) is 5.20. The number of unbranched alkanes of at least 4 members (excludes halogenated alkanes) is 1. The van der Waals surface area contributed by atoms with Crippen molar-refractivity contribution in [1.29, 1.82) is 0 Å². The van der Waals surface area contributed by atoms with Crippen LogP contribution in [0.2, 0.25) is 0 Å². The van der Waals surface area contributed by atoms with Crippen LogP contribution in [0.15, 0.2) is 60.7 Å². The zero-order valence-electron chi connectivity index (χ0n) is 14.6. The van der Waals surface area contributed by atoms with Crippen molar-refractivity contribution < 1.29 is 9.53 Å². The van der Waals surface area contributed by atoms with Gasteiger partial charge in [0.25, 0.3) is 0 Å². The number of methoxy groups -OCH3 is 1. The van der Waals surface area contributed by atoms with E-state index in [2.05, 4.69) is 36.5 Å². The van der Waals surface area contributed by atoms with Crippen LogP contribution in [0.5, 0.6) is 0 Å². The first-order valence-electron chi connectivity index (χ1n) is 8.66. The van der Waals surface area contributed by atoms with E-state index in [4.69, 9.17) is 4.74 Å². The number of nitrogens with one attached hydrogen (secondary N) is 1. The Balaban J connectivity index is 2.21. The molecule has 24 heavy (non-hydrogen) atoms. The molecule has 2 unspecified atom stereocenters. The van der Waals surface area contributed by atoms with E-state index >= 15 is 0 Å². The molecule has 3 nitrogen and oxygen atoms in total. The Bertz CT molecular complexity index is 598. The normalized spacial score (nSPS) is 13.2. The van der Waals surface area contributed by atoms with E-state index in [1.54, 1.807) is 0 Å². The maximum Gasteiger partial charge on any atom is 0.310 e. The van der Waals surface area contributed by atoms with E-state index in [-0.39, 0.29) is 17.9 Å². The van der Waals surface area contributed by atoms with E-state index in [9.17, 15) is 4.79 Å². The van der Waals surface area contributed by atoms with Crippen LogP contribution in [-0.2, 0) is 16.1 Å². The predicted molar refractivity (Wildman–Crippen MR) is 97.5 cm³/mol. The van der Waals surface area contributed by atoms with E-state index in [0.717, 1.165) is 31.4 Å². The lowest BCUT2D eigenvalue weighted by Gasteiger charge is -2.27. The van der Waals surface area contributed by atoms with Crippen molar-refractivity contribution in [2.75, 3.05) is 7.11 Å². The van der Waals surface area contributed by atoms with Crippen LogP contribution in [-0.4, -0.2) is 13.1 Å². The van der Waals surface area contributed by atoms with Crippen molar-refractivity contribution in [2.24, 2.45) is 5.92 Å². The summed E-state index contributed by atoms with van der Waals surface area (Å²) in [4.78, 5) is 12.4. The summed E-state index contributed by atoms with van der Waals surface area (Å²) in [6.45, 7) is 2.86. The van der Waals surface area contributed by atoms with Crippen molar-refractivity contribution in [1.82, 2.24) is 5.32 Å². The highest BCUT2D eigenvalue weighted by molar-refractivity contribution is 5.73. The van der Waals surface area contributed by atoms with E-state index in [0.29, 0.717) is 0 Å². The average Bonchev–Trinajstić information content (AvgIpc) is 2.65. The van der Waals surface area contributed by atoms with Crippen LogP contribution < -0.4 is 5.32 Å². The highest BCUT2D eigenvalue weighted by Gasteiger charge is 2.29. The summed E-state index contributed by atoms with van der Waals surface area (Å²) < 4.78 is 5.08. The summed E-state index contributed by atoms with van der Waals surface area (Å²) in [6.07, 6.45) is 2.90. The number of ether oxygens (including phenoxy) is 1. The molecular weight excluding hydrogens is 298 g/mol. The van der Waals surface area contributed by atoms with Crippen LogP contribution in [0.25, 0.3) is 0 Å². The highest BCUT2D eigenvalue weighted by atomic mass is 16.5. The van der Waals surface area contributed by atoms with Crippen molar-refractivity contribution in [3.63, 3.8) is 0 Å². The average molecular weight is 325 g/mol. The quantitative estimate of drug-likeness (QED) is 0.690.